The lowest BCUT2D eigenvalue weighted by Gasteiger charge is -2.19. The topological polar surface area (TPSA) is 23.6 Å². The molecule has 164 valence electrons. The van der Waals surface area contributed by atoms with E-state index in [4.69, 9.17) is 0 Å². The lowest BCUT2D eigenvalue weighted by molar-refractivity contribution is -0.125. The molecule has 0 saturated carbocycles. The molecule has 0 N–H and O–H groups in total. The number of amides is 1. The molecule has 0 aromatic rings. The van der Waals surface area contributed by atoms with Gasteiger partial charge < -0.3 is 9.80 Å². The molecule has 1 saturated heterocycles. The first-order valence-corrected chi connectivity index (χ1v) is 11.4. The van der Waals surface area contributed by atoms with Crippen molar-refractivity contribution >= 4 is 5.91 Å². The Morgan fingerprint density at radius 2 is 1.28 bits per heavy atom. The van der Waals surface area contributed by atoms with Gasteiger partial charge in [0.05, 0.1) is 0 Å². The highest BCUT2D eigenvalue weighted by Gasteiger charge is 2.15. The van der Waals surface area contributed by atoms with E-state index in [-0.39, 0.29) is 5.91 Å². The van der Waals surface area contributed by atoms with Crippen molar-refractivity contribution in [3.8, 4) is 0 Å². The Kier molecular flexibility index (Phi) is 12.6. The van der Waals surface area contributed by atoms with E-state index < -0.39 is 0 Å². The van der Waals surface area contributed by atoms with Crippen LogP contribution in [0.15, 0.2) is 46.6 Å². The van der Waals surface area contributed by atoms with Crippen LogP contribution in [0, 0.1) is 0 Å². The number of rotatable bonds is 10. The van der Waals surface area contributed by atoms with E-state index in [0.717, 1.165) is 64.7 Å². The summed E-state index contributed by atoms with van der Waals surface area (Å²) < 4.78 is 0. The first-order valence-electron chi connectivity index (χ1n) is 11.4. The maximum absolute atomic E-state index is 12.5. The van der Waals surface area contributed by atoms with Gasteiger partial charge in [-0.1, -0.05) is 40.5 Å². The molecule has 0 aromatic heterocycles. The summed E-state index contributed by atoms with van der Waals surface area (Å²) in [6, 6.07) is 0. The summed E-state index contributed by atoms with van der Waals surface area (Å²) in [5, 5.41) is 0. The Morgan fingerprint density at radius 3 is 1.86 bits per heavy atom. The summed E-state index contributed by atoms with van der Waals surface area (Å²) in [6.45, 7) is 14.7. The fourth-order valence-electron chi connectivity index (χ4n) is 3.53. The van der Waals surface area contributed by atoms with Crippen molar-refractivity contribution < 1.29 is 4.79 Å². The number of carbonyl (C=O) groups excluding carboxylic acids is 1. The molecule has 0 bridgehead atoms. The Balaban J connectivity index is 2.32. The largest absolute Gasteiger partial charge is 0.338 e. The van der Waals surface area contributed by atoms with E-state index in [1.54, 1.807) is 0 Å². The van der Waals surface area contributed by atoms with Crippen LogP contribution in [-0.4, -0.2) is 48.9 Å². The fourth-order valence-corrected chi connectivity index (χ4v) is 3.53. The van der Waals surface area contributed by atoms with Gasteiger partial charge in [0, 0.05) is 25.7 Å². The third-order valence-corrected chi connectivity index (χ3v) is 5.56. The highest BCUT2D eigenvalue weighted by Crippen LogP contribution is 2.14. The van der Waals surface area contributed by atoms with Crippen LogP contribution in [0.4, 0.5) is 0 Å². The minimum atomic E-state index is 0.187. The molecule has 29 heavy (non-hydrogen) atoms. The van der Waals surface area contributed by atoms with E-state index >= 15 is 0 Å². The molecule has 0 unspecified atom stereocenters. The van der Waals surface area contributed by atoms with Crippen LogP contribution in [0.25, 0.3) is 0 Å². The summed E-state index contributed by atoms with van der Waals surface area (Å²) in [5.41, 5.74) is 5.54. The van der Waals surface area contributed by atoms with Gasteiger partial charge in [-0.15, -0.1) is 0 Å². The minimum Gasteiger partial charge on any atom is -0.338 e. The number of allylic oxidation sites excluding steroid dienone is 7. The average Bonchev–Trinajstić information content (AvgIpc) is 2.86. The number of carbonyl (C=O) groups is 1. The van der Waals surface area contributed by atoms with Gasteiger partial charge in [0.25, 0.3) is 0 Å². The second-order valence-electron chi connectivity index (χ2n) is 8.97. The van der Waals surface area contributed by atoms with Gasteiger partial charge in [-0.05, 0) is 93.2 Å². The van der Waals surface area contributed by atoms with Gasteiger partial charge in [-0.3, -0.25) is 4.79 Å². The van der Waals surface area contributed by atoms with Crippen molar-refractivity contribution in [2.45, 2.75) is 79.6 Å². The number of likely N-dealkylation sites (N-methyl/N-ethyl adjacent to an activating group) is 1. The Labute approximate surface area is 180 Å². The Hall–Kier alpha value is -1.61. The second kappa shape index (κ2) is 14.4. The quantitative estimate of drug-likeness (QED) is 0.317. The van der Waals surface area contributed by atoms with Crippen molar-refractivity contribution in [3.05, 3.63) is 46.6 Å². The molecule has 0 aromatic carbocycles. The van der Waals surface area contributed by atoms with Gasteiger partial charge in [-0.25, -0.2) is 0 Å². The van der Waals surface area contributed by atoms with Crippen molar-refractivity contribution in [1.29, 1.82) is 0 Å². The lowest BCUT2D eigenvalue weighted by Crippen LogP contribution is -2.33. The molecule has 0 atom stereocenters. The summed E-state index contributed by atoms with van der Waals surface area (Å²) in [4.78, 5) is 16.8. The van der Waals surface area contributed by atoms with Crippen LogP contribution in [0.3, 0.4) is 0 Å². The van der Waals surface area contributed by atoms with Crippen LogP contribution in [-0.2, 0) is 4.79 Å². The minimum absolute atomic E-state index is 0.187. The van der Waals surface area contributed by atoms with Crippen molar-refractivity contribution in [2.24, 2.45) is 0 Å². The maximum Gasteiger partial charge on any atom is 0.246 e. The van der Waals surface area contributed by atoms with Crippen LogP contribution in [0.5, 0.6) is 0 Å². The molecule has 3 nitrogen and oxygen atoms in total. The molecule has 1 aliphatic heterocycles. The van der Waals surface area contributed by atoms with Crippen LogP contribution in [0.2, 0.25) is 0 Å². The summed E-state index contributed by atoms with van der Waals surface area (Å²) in [5.74, 6) is 0.187. The van der Waals surface area contributed by atoms with Gasteiger partial charge >= 0.3 is 0 Å². The third-order valence-electron chi connectivity index (χ3n) is 5.56. The van der Waals surface area contributed by atoms with Crippen molar-refractivity contribution in [1.82, 2.24) is 9.80 Å². The first-order chi connectivity index (χ1) is 13.8. The Morgan fingerprint density at radius 1 is 0.724 bits per heavy atom. The van der Waals surface area contributed by atoms with Crippen LogP contribution in [0.1, 0.15) is 79.6 Å². The van der Waals surface area contributed by atoms with Gasteiger partial charge in [0.1, 0.15) is 0 Å². The number of hydrogen-bond acceptors (Lipinski definition) is 2. The molecule has 1 fully saturated rings. The monoisotopic (exact) mass is 400 g/mol. The fraction of sp³-hybridized carbons (Fsp3) is 0.654. The van der Waals surface area contributed by atoms with E-state index in [0.29, 0.717) is 0 Å². The van der Waals surface area contributed by atoms with Crippen LogP contribution < -0.4 is 0 Å². The Bertz CT molecular complexity index is 621. The van der Waals surface area contributed by atoms with E-state index in [9.17, 15) is 4.79 Å². The SMILES string of the molecule is CC(C)=CCCC(C)=CCCC(C)=CCCC(C)=CC(=O)N1CCCN(C)CC1. The summed E-state index contributed by atoms with van der Waals surface area (Å²) >= 11 is 0. The zero-order valence-electron chi connectivity index (χ0n) is 19.9. The zero-order valence-corrected chi connectivity index (χ0v) is 19.9. The molecule has 1 heterocycles. The van der Waals surface area contributed by atoms with Crippen molar-refractivity contribution in [2.75, 3.05) is 33.2 Å². The normalized spacial score (nSPS) is 17.3. The smallest absolute Gasteiger partial charge is 0.246 e. The summed E-state index contributed by atoms with van der Waals surface area (Å²) in [7, 11) is 2.13. The van der Waals surface area contributed by atoms with Crippen LogP contribution >= 0.6 is 0 Å². The zero-order chi connectivity index (χ0) is 21.6. The molecule has 0 radical (unpaired) electrons. The predicted molar refractivity (Wildman–Crippen MR) is 127 cm³/mol. The molecule has 3 heteroatoms. The molecule has 0 aliphatic carbocycles. The van der Waals surface area contributed by atoms with Gasteiger partial charge in [0.2, 0.25) is 5.91 Å². The molecule has 1 rings (SSSR count). The molecular formula is C26H44N2O. The number of nitrogens with zero attached hydrogens (tertiary/aromatic N) is 2. The lowest BCUT2D eigenvalue weighted by atomic mass is 10.0. The summed E-state index contributed by atoms with van der Waals surface area (Å²) in [6.07, 6.45) is 16.5. The van der Waals surface area contributed by atoms with Crippen molar-refractivity contribution in [3.63, 3.8) is 0 Å². The second-order valence-corrected chi connectivity index (χ2v) is 8.97. The third kappa shape index (κ3) is 12.5. The highest BCUT2D eigenvalue weighted by molar-refractivity contribution is 5.88. The molecule has 1 aliphatic rings. The van der Waals surface area contributed by atoms with Gasteiger partial charge in [-0.2, -0.15) is 0 Å². The average molecular weight is 401 g/mol. The van der Waals surface area contributed by atoms with E-state index in [1.807, 2.05) is 11.0 Å². The number of hydrogen-bond donors (Lipinski definition) is 0. The first kappa shape index (κ1) is 25.4. The standard InChI is InChI=1S/C26H44N2O/c1-22(2)11-7-12-23(3)13-8-14-24(4)15-9-16-25(5)21-26(29)28-18-10-17-27(6)19-20-28/h11,13,15,21H,7-10,12,14,16-20H2,1-6H3. The van der Waals surface area contributed by atoms with Gasteiger partial charge in [0.15, 0.2) is 0 Å². The molecular weight excluding hydrogens is 356 g/mol. The maximum atomic E-state index is 12.5. The van der Waals surface area contributed by atoms with E-state index in [2.05, 4.69) is 64.8 Å². The van der Waals surface area contributed by atoms with E-state index in [1.165, 1.54) is 28.7 Å². The molecule has 1 amide bonds. The molecule has 0 spiro atoms. The highest BCUT2D eigenvalue weighted by atomic mass is 16.2. The predicted octanol–water partition coefficient (Wildman–Crippen LogP) is 6.30.